The highest BCUT2D eigenvalue weighted by Crippen LogP contribution is 2.15. The van der Waals surface area contributed by atoms with Gasteiger partial charge in [0.05, 0.1) is 6.61 Å². The predicted octanol–water partition coefficient (Wildman–Crippen LogP) is 0.591. The number of rotatable bonds is 8. The molecule has 0 aliphatic carbocycles. The van der Waals surface area contributed by atoms with Gasteiger partial charge in [-0.05, 0) is 18.6 Å². The van der Waals surface area contributed by atoms with E-state index in [1.807, 2.05) is 25.1 Å². The summed E-state index contributed by atoms with van der Waals surface area (Å²) in [6.07, 6.45) is 0. The van der Waals surface area contributed by atoms with Crippen molar-refractivity contribution in [2.24, 2.45) is 0 Å². The molecule has 6 nitrogen and oxygen atoms in total. The minimum Gasteiger partial charge on any atom is -0.484 e. The summed E-state index contributed by atoms with van der Waals surface area (Å²) >= 11 is 0. The minimum absolute atomic E-state index is 0.0796. The van der Waals surface area contributed by atoms with Crippen LogP contribution in [0.25, 0.3) is 0 Å². The largest absolute Gasteiger partial charge is 0.484 e. The smallest absolute Gasteiger partial charge is 0.329 e. The molecule has 1 aromatic carbocycles. The van der Waals surface area contributed by atoms with Crippen LogP contribution in [0.1, 0.15) is 5.56 Å². The molecule has 0 heterocycles. The lowest BCUT2D eigenvalue weighted by Gasteiger charge is -2.09. The fourth-order valence-electron chi connectivity index (χ4n) is 1.33. The molecular weight excluding hydrogens is 250 g/mol. The Morgan fingerprint density at radius 1 is 1.26 bits per heavy atom. The number of nitrogens with one attached hydrogen (secondary N) is 1. The molecule has 0 saturated heterocycles. The second-order valence-corrected chi connectivity index (χ2v) is 3.85. The molecule has 0 unspecified atom stereocenters. The summed E-state index contributed by atoms with van der Waals surface area (Å²) in [6.45, 7) is 1.86. The molecule has 1 aromatic rings. The van der Waals surface area contributed by atoms with Gasteiger partial charge in [0, 0.05) is 6.54 Å². The van der Waals surface area contributed by atoms with E-state index in [1.54, 1.807) is 6.07 Å². The molecule has 0 aliphatic rings. The maximum absolute atomic E-state index is 11.4. The second-order valence-electron chi connectivity index (χ2n) is 3.85. The van der Waals surface area contributed by atoms with Gasteiger partial charge in [0.1, 0.15) is 12.4 Å². The number of amides is 1. The van der Waals surface area contributed by atoms with Crippen molar-refractivity contribution >= 4 is 11.9 Å². The van der Waals surface area contributed by atoms with Crippen molar-refractivity contribution in [1.29, 1.82) is 0 Å². The maximum atomic E-state index is 11.4. The van der Waals surface area contributed by atoms with Crippen molar-refractivity contribution < 1.29 is 24.2 Å². The monoisotopic (exact) mass is 267 g/mol. The van der Waals surface area contributed by atoms with Gasteiger partial charge in [-0.3, -0.25) is 4.79 Å². The Morgan fingerprint density at radius 2 is 2.00 bits per heavy atom. The van der Waals surface area contributed by atoms with Crippen molar-refractivity contribution in [2.45, 2.75) is 6.92 Å². The van der Waals surface area contributed by atoms with Crippen LogP contribution >= 0.6 is 0 Å². The summed E-state index contributed by atoms with van der Waals surface area (Å²) in [7, 11) is 0. The lowest BCUT2D eigenvalue weighted by atomic mass is 10.2. The number of hydrogen-bond donors (Lipinski definition) is 2. The van der Waals surface area contributed by atoms with E-state index in [2.05, 4.69) is 5.32 Å². The van der Waals surface area contributed by atoms with Crippen molar-refractivity contribution in [2.75, 3.05) is 26.4 Å². The van der Waals surface area contributed by atoms with Crippen molar-refractivity contribution in [3.63, 3.8) is 0 Å². The lowest BCUT2D eigenvalue weighted by molar-refractivity contribution is -0.142. The van der Waals surface area contributed by atoms with Crippen molar-refractivity contribution in [1.82, 2.24) is 5.32 Å². The summed E-state index contributed by atoms with van der Waals surface area (Å²) in [5.74, 6) is -0.642. The van der Waals surface area contributed by atoms with Crippen LogP contribution in [0.15, 0.2) is 24.3 Å². The van der Waals surface area contributed by atoms with E-state index in [-0.39, 0.29) is 32.3 Å². The van der Waals surface area contributed by atoms with E-state index in [0.29, 0.717) is 5.75 Å². The second kappa shape index (κ2) is 8.10. The average Bonchev–Trinajstić information content (AvgIpc) is 2.37. The summed E-state index contributed by atoms with van der Waals surface area (Å²) < 4.78 is 10.1. The van der Waals surface area contributed by atoms with E-state index in [1.165, 1.54) is 0 Å². The molecule has 0 saturated carbocycles. The van der Waals surface area contributed by atoms with Gasteiger partial charge in [0.15, 0.2) is 6.61 Å². The number of carbonyl (C=O) groups is 2. The van der Waals surface area contributed by atoms with Gasteiger partial charge in [-0.2, -0.15) is 0 Å². The molecule has 0 bridgehead atoms. The zero-order chi connectivity index (χ0) is 14.1. The first kappa shape index (κ1) is 15.0. The fourth-order valence-corrected chi connectivity index (χ4v) is 1.33. The first-order valence-electron chi connectivity index (χ1n) is 5.84. The van der Waals surface area contributed by atoms with Crippen LogP contribution in [0.4, 0.5) is 0 Å². The average molecular weight is 267 g/mol. The number of carbonyl (C=O) groups excluding carboxylic acids is 1. The van der Waals surface area contributed by atoms with E-state index in [9.17, 15) is 9.59 Å². The van der Waals surface area contributed by atoms with E-state index in [0.717, 1.165) is 5.56 Å². The van der Waals surface area contributed by atoms with Gasteiger partial charge in [0.2, 0.25) is 0 Å². The number of benzene rings is 1. The SMILES string of the molecule is Cc1ccccc1OCC(=O)NCCOCC(=O)O. The fraction of sp³-hybridized carbons (Fsp3) is 0.385. The number of para-hydroxylation sites is 1. The van der Waals surface area contributed by atoms with Crippen LogP contribution < -0.4 is 10.1 Å². The molecule has 0 spiro atoms. The Morgan fingerprint density at radius 3 is 2.68 bits per heavy atom. The molecule has 1 rings (SSSR count). The summed E-state index contributed by atoms with van der Waals surface area (Å²) in [5, 5.41) is 10.9. The summed E-state index contributed by atoms with van der Waals surface area (Å²) in [5.41, 5.74) is 0.958. The Labute approximate surface area is 111 Å². The molecule has 0 aromatic heterocycles. The maximum Gasteiger partial charge on any atom is 0.329 e. The van der Waals surface area contributed by atoms with Crippen LogP contribution in [0.5, 0.6) is 5.75 Å². The summed E-state index contributed by atoms with van der Waals surface area (Å²) in [4.78, 5) is 21.6. The zero-order valence-corrected chi connectivity index (χ0v) is 10.7. The Kier molecular flexibility index (Phi) is 6.38. The van der Waals surface area contributed by atoms with Gasteiger partial charge < -0.3 is 19.9 Å². The molecule has 0 aliphatic heterocycles. The highest BCUT2D eigenvalue weighted by atomic mass is 16.5. The molecule has 6 heteroatoms. The van der Waals surface area contributed by atoms with Crippen LogP contribution in [0, 0.1) is 6.92 Å². The topological polar surface area (TPSA) is 84.9 Å². The van der Waals surface area contributed by atoms with E-state index >= 15 is 0 Å². The number of carboxylic acids is 1. The predicted molar refractivity (Wildman–Crippen MR) is 68.1 cm³/mol. The third kappa shape index (κ3) is 6.42. The molecule has 1 amide bonds. The third-order valence-corrected chi connectivity index (χ3v) is 2.25. The van der Waals surface area contributed by atoms with Crippen LogP contribution in [0.3, 0.4) is 0 Å². The number of carboxylic acid groups (broad SMARTS) is 1. The van der Waals surface area contributed by atoms with Gasteiger partial charge in [-0.1, -0.05) is 18.2 Å². The Hall–Kier alpha value is -2.08. The van der Waals surface area contributed by atoms with Gasteiger partial charge in [-0.15, -0.1) is 0 Å². The Bertz CT molecular complexity index is 433. The molecular formula is C13H17NO5. The molecule has 0 radical (unpaired) electrons. The van der Waals surface area contributed by atoms with Gasteiger partial charge in [0.25, 0.3) is 5.91 Å². The Balaban J connectivity index is 2.15. The number of aryl methyl sites for hydroxylation is 1. The zero-order valence-electron chi connectivity index (χ0n) is 10.7. The van der Waals surface area contributed by atoms with Crippen LogP contribution in [0.2, 0.25) is 0 Å². The summed E-state index contributed by atoms with van der Waals surface area (Å²) in [6, 6.07) is 7.41. The van der Waals surface area contributed by atoms with Crippen LogP contribution in [-0.4, -0.2) is 43.3 Å². The normalized spacial score (nSPS) is 9.95. The molecule has 0 atom stereocenters. The first-order chi connectivity index (χ1) is 9.09. The van der Waals surface area contributed by atoms with Gasteiger partial charge in [-0.25, -0.2) is 4.79 Å². The van der Waals surface area contributed by atoms with E-state index in [4.69, 9.17) is 14.6 Å². The number of ether oxygens (including phenoxy) is 2. The standard InChI is InChI=1S/C13H17NO5/c1-10-4-2-3-5-11(10)19-8-12(15)14-6-7-18-9-13(16)17/h2-5H,6-9H2,1H3,(H,14,15)(H,16,17). The lowest BCUT2D eigenvalue weighted by Crippen LogP contribution is -2.32. The van der Waals surface area contributed by atoms with E-state index < -0.39 is 5.97 Å². The minimum atomic E-state index is -1.03. The first-order valence-corrected chi connectivity index (χ1v) is 5.84. The molecule has 104 valence electrons. The number of hydrogen-bond acceptors (Lipinski definition) is 4. The van der Waals surface area contributed by atoms with Crippen LogP contribution in [-0.2, 0) is 14.3 Å². The highest BCUT2D eigenvalue weighted by molar-refractivity contribution is 5.77. The third-order valence-electron chi connectivity index (χ3n) is 2.25. The highest BCUT2D eigenvalue weighted by Gasteiger charge is 2.04. The quantitative estimate of drug-likeness (QED) is 0.673. The molecule has 0 fully saturated rings. The van der Waals surface area contributed by atoms with Crippen molar-refractivity contribution in [3.05, 3.63) is 29.8 Å². The number of aliphatic carboxylic acids is 1. The van der Waals surface area contributed by atoms with Crippen molar-refractivity contribution in [3.8, 4) is 5.75 Å². The molecule has 2 N–H and O–H groups in total. The molecule has 19 heavy (non-hydrogen) atoms. The van der Waals surface area contributed by atoms with Gasteiger partial charge >= 0.3 is 5.97 Å².